The van der Waals surface area contributed by atoms with Crippen molar-refractivity contribution < 1.29 is 39.2 Å². The number of hydrogen-bond donors (Lipinski definition) is 4. The van der Waals surface area contributed by atoms with Crippen LogP contribution in [0.4, 0.5) is 0 Å². The van der Waals surface area contributed by atoms with Crippen molar-refractivity contribution in [1.29, 1.82) is 0 Å². The number of esters is 1. The van der Waals surface area contributed by atoms with Crippen LogP contribution in [-0.2, 0) is 19.1 Å². The number of imidazole rings is 1. The Kier molecular flexibility index (Phi) is 10.1. The molecule has 1 aliphatic rings. The number of aromatic hydroxyl groups is 1. The predicted molar refractivity (Wildman–Crippen MR) is 112 cm³/mol. The van der Waals surface area contributed by atoms with E-state index in [1.54, 1.807) is 0 Å². The van der Waals surface area contributed by atoms with E-state index >= 15 is 0 Å². The molecule has 0 aromatic carbocycles. The van der Waals surface area contributed by atoms with Crippen molar-refractivity contribution in [2.45, 2.75) is 89.8 Å². The molecule has 1 unspecified atom stereocenters. The average molecular weight is 456 g/mol. The monoisotopic (exact) mass is 455 g/mol. The molecule has 2 heterocycles. The SMILES string of the molecule is CCCCCC(=O)NC(=O)c1ncn([C@@H]2O[C@H](COC(=O)CCCCC)C(O)[C@H]2O)c1O. The summed E-state index contributed by atoms with van der Waals surface area (Å²) in [5.74, 6) is -2.42. The number of carbonyl (C=O) groups is 3. The van der Waals surface area contributed by atoms with Gasteiger partial charge in [0, 0.05) is 12.8 Å². The van der Waals surface area contributed by atoms with Crippen LogP contribution in [0.5, 0.6) is 5.88 Å². The summed E-state index contributed by atoms with van der Waals surface area (Å²) in [7, 11) is 0. The molecule has 0 spiro atoms. The van der Waals surface area contributed by atoms with Gasteiger partial charge in [0.25, 0.3) is 5.91 Å². The number of aromatic nitrogens is 2. The van der Waals surface area contributed by atoms with Crippen LogP contribution in [0.2, 0.25) is 0 Å². The van der Waals surface area contributed by atoms with Crippen molar-refractivity contribution in [3.63, 3.8) is 0 Å². The molecule has 11 heteroatoms. The van der Waals surface area contributed by atoms with Crippen molar-refractivity contribution in [2.24, 2.45) is 0 Å². The molecule has 180 valence electrons. The van der Waals surface area contributed by atoms with Gasteiger partial charge in [-0.05, 0) is 12.8 Å². The summed E-state index contributed by atoms with van der Waals surface area (Å²) in [5, 5.41) is 33.1. The molecule has 0 radical (unpaired) electrons. The molecule has 4 atom stereocenters. The molecule has 1 aromatic rings. The van der Waals surface area contributed by atoms with Crippen LogP contribution in [0.3, 0.4) is 0 Å². The zero-order valence-corrected chi connectivity index (χ0v) is 18.5. The summed E-state index contributed by atoms with van der Waals surface area (Å²) in [5.41, 5.74) is -0.412. The minimum absolute atomic E-state index is 0.177. The topological polar surface area (TPSA) is 160 Å². The first-order chi connectivity index (χ1) is 15.3. The Morgan fingerprint density at radius 2 is 1.75 bits per heavy atom. The Hall–Kier alpha value is -2.50. The van der Waals surface area contributed by atoms with Gasteiger partial charge in [0.05, 0.1) is 0 Å². The van der Waals surface area contributed by atoms with Gasteiger partial charge in [-0.2, -0.15) is 0 Å². The van der Waals surface area contributed by atoms with E-state index in [-0.39, 0.29) is 19.4 Å². The first-order valence-corrected chi connectivity index (χ1v) is 11.1. The summed E-state index contributed by atoms with van der Waals surface area (Å²) >= 11 is 0. The Bertz CT molecular complexity index is 781. The van der Waals surface area contributed by atoms with E-state index in [1.807, 2.05) is 13.8 Å². The first kappa shape index (κ1) is 25.8. The standard InChI is InChI=1S/C21H33N3O8/c1-3-5-7-9-14(25)23-19(29)16-20(30)24(12-22-16)21-18(28)17(27)13(32-21)11-31-15(26)10-8-6-4-2/h12-13,17-18,21,27-28,30H,3-11H2,1-2H3,(H,23,25,29)/t13-,17?,18-,21-/m1/s1. The maximum atomic E-state index is 12.3. The number of imide groups is 1. The van der Waals surface area contributed by atoms with Gasteiger partial charge in [-0.3, -0.25) is 24.3 Å². The fraction of sp³-hybridized carbons (Fsp3) is 0.714. The van der Waals surface area contributed by atoms with E-state index in [4.69, 9.17) is 9.47 Å². The third-order valence-corrected chi connectivity index (χ3v) is 5.25. The second kappa shape index (κ2) is 12.5. The summed E-state index contributed by atoms with van der Waals surface area (Å²) in [4.78, 5) is 39.7. The third kappa shape index (κ3) is 6.75. The molecule has 0 bridgehead atoms. The molecule has 11 nitrogen and oxygen atoms in total. The molecular weight excluding hydrogens is 422 g/mol. The van der Waals surface area contributed by atoms with E-state index in [2.05, 4.69) is 10.3 Å². The van der Waals surface area contributed by atoms with Crippen molar-refractivity contribution in [1.82, 2.24) is 14.9 Å². The lowest BCUT2D eigenvalue weighted by Crippen LogP contribution is -2.34. The van der Waals surface area contributed by atoms with Crippen molar-refractivity contribution in [2.75, 3.05) is 6.61 Å². The normalized spacial score (nSPS) is 22.6. The maximum absolute atomic E-state index is 12.3. The molecule has 0 aliphatic carbocycles. The van der Waals surface area contributed by atoms with Gasteiger partial charge >= 0.3 is 5.97 Å². The van der Waals surface area contributed by atoms with Crippen molar-refractivity contribution in [3.05, 3.63) is 12.0 Å². The molecule has 4 N–H and O–H groups in total. The van der Waals surface area contributed by atoms with Crippen molar-refractivity contribution in [3.8, 4) is 5.88 Å². The van der Waals surface area contributed by atoms with Gasteiger partial charge in [0.15, 0.2) is 11.9 Å². The molecule has 1 saturated heterocycles. The summed E-state index contributed by atoms with van der Waals surface area (Å²) < 4.78 is 11.6. The second-order valence-electron chi connectivity index (χ2n) is 7.84. The van der Waals surface area contributed by atoms with Crippen LogP contribution < -0.4 is 5.32 Å². The number of carbonyl (C=O) groups excluding carboxylic acids is 3. The molecule has 1 aliphatic heterocycles. The number of rotatable bonds is 12. The predicted octanol–water partition coefficient (Wildman–Crippen LogP) is 1.17. The lowest BCUT2D eigenvalue weighted by atomic mass is 10.1. The summed E-state index contributed by atoms with van der Waals surface area (Å²) in [6.07, 6.45) is 1.34. The van der Waals surface area contributed by atoms with Gasteiger partial charge in [-0.15, -0.1) is 0 Å². The smallest absolute Gasteiger partial charge is 0.305 e. The van der Waals surface area contributed by atoms with Crippen molar-refractivity contribution >= 4 is 17.8 Å². The fourth-order valence-electron chi connectivity index (χ4n) is 3.35. The number of amides is 2. The second-order valence-corrected chi connectivity index (χ2v) is 7.84. The minimum atomic E-state index is -1.47. The summed E-state index contributed by atoms with van der Waals surface area (Å²) in [6, 6.07) is 0. The molecule has 2 amide bonds. The fourth-order valence-corrected chi connectivity index (χ4v) is 3.35. The zero-order chi connectivity index (χ0) is 23.7. The number of ether oxygens (including phenoxy) is 2. The van der Waals surface area contributed by atoms with Crippen LogP contribution in [0.15, 0.2) is 6.33 Å². The largest absolute Gasteiger partial charge is 0.493 e. The van der Waals surface area contributed by atoms with Crippen LogP contribution in [0, 0.1) is 0 Å². The molecule has 0 saturated carbocycles. The molecular formula is C21H33N3O8. The molecule has 1 fully saturated rings. The lowest BCUT2D eigenvalue weighted by molar-refractivity contribution is -0.150. The lowest BCUT2D eigenvalue weighted by Gasteiger charge is -2.16. The number of aliphatic hydroxyl groups excluding tert-OH is 2. The van der Waals surface area contributed by atoms with Gasteiger partial charge in [0.2, 0.25) is 11.8 Å². The minimum Gasteiger partial charge on any atom is -0.493 e. The van der Waals surface area contributed by atoms with Gasteiger partial charge in [-0.25, -0.2) is 4.98 Å². The summed E-state index contributed by atoms with van der Waals surface area (Å²) in [6.45, 7) is 3.74. The average Bonchev–Trinajstić information content (AvgIpc) is 3.26. The number of nitrogens with zero attached hydrogens (tertiary/aromatic N) is 2. The Balaban J connectivity index is 1.95. The van der Waals surface area contributed by atoms with Crippen LogP contribution in [-0.4, -0.2) is 67.6 Å². The number of aliphatic hydroxyl groups is 2. The van der Waals surface area contributed by atoms with Gasteiger partial charge < -0.3 is 24.8 Å². The Labute approximate surface area is 186 Å². The Morgan fingerprint density at radius 1 is 1.09 bits per heavy atom. The maximum Gasteiger partial charge on any atom is 0.305 e. The highest BCUT2D eigenvalue weighted by Gasteiger charge is 2.45. The van der Waals surface area contributed by atoms with E-state index in [1.165, 1.54) is 0 Å². The van der Waals surface area contributed by atoms with E-state index < -0.39 is 53.9 Å². The van der Waals surface area contributed by atoms with E-state index in [0.717, 1.165) is 36.6 Å². The van der Waals surface area contributed by atoms with Gasteiger partial charge in [-0.1, -0.05) is 39.5 Å². The highest BCUT2D eigenvalue weighted by atomic mass is 16.6. The van der Waals surface area contributed by atoms with E-state index in [0.29, 0.717) is 12.8 Å². The quantitative estimate of drug-likeness (QED) is 0.268. The number of nitrogens with one attached hydrogen (secondary N) is 1. The van der Waals surface area contributed by atoms with Crippen LogP contribution >= 0.6 is 0 Å². The zero-order valence-electron chi connectivity index (χ0n) is 18.5. The Morgan fingerprint density at radius 3 is 2.41 bits per heavy atom. The molecule has 2 rings (SSSR count). The first-order valence-electron chi connectivity index (χ1n) is 11.1. The number of hydrogen-bond acceptors (Lipinski definition) is 9. The highest BCUT2D eigenvalue weighted by Crippen LogP contribution is 2.33. The number of unbranched alkanes of at least 4 members (excludes halogenated alkanes) is 4. The van der Waals surface area contributed by atoms with E-state index in [9.17, 15) is 29.7 Å². The molecule has 32 heavy (non-hydrogen) atoms. The van der Waals surface area contributed by atoms with Gasteiger partial charge in [0.1, 0.15) is 31.2 Å². The van der Waals surface area contributed by atoms with Crippen LogP contribution in [0.25, 0.3) is 0 Å². The molecule has 1 aromatic heterocycles. The highest BCUT2D eigenvalue weighted by molar-refractivity contribution is 6.04. The third-order valence-electron chi connectivity index (χ3n) is 5.25. The van der Waals surface area contributed by atoms with Crippen LogP contribution in [0.1, 0.15) is 81.9 Å².